The molecule has 0 N–H and O–H groups in total. The summed E-state index contributed by atoms with van der Waals surface area (Å²) in [4.78, 5) is 6.51. The summed E-state index contributed by atoms with van der Waals surface area (Å²) >= 11 is 0. The van der Waals surface area contributed by atoms with Crippen molar-refractivity contribution in [3.8, 4) is 0 Å². The van der Waals surface area contributed by atoms with Crippen LogP contribution in [-0.4, -0.2) is 28.9 Å². The predicted octanol–water partition coefficient (Wildman–Crippen LogP) is 3.26. The Morgan fingerprint density at radius 3 is 2.89 bits per heavy atom. The zero-order valence-electron chi connectivity index (χ0n) is 10.4. The first kappa shape index (κ1) is 12.0. The molecule has 0 bridgehead atoms. The number of likely N-dealkylation sites (tertiary alicyclic amines) is 1. The Morgan fingerprint density at radius 2 is 2.22 bits per heavy atom. The zero-order chi connectivity index (χ0) is 12.6. The first-order valence-corrected chi connectivity index (χ1v) is 6.66. The number of hydrogen-bond donors (Lipinski definition) is 0. The molecule has 1 unspecified atom stereocenters. The molecule has 1 saturated heterocycles. The molecule has 0 radical (unpaired) electrons. The molecule has 1 aromatic rings. The van der Waals surface area contributed by atoms with Gasteiger partial charge in [-0.25, -0.2) is 8.78 Å². The third-order valence-electron chi connectivity index (χ3n) is 4.10. The van der Waals surface area contributed by atoms with Crippen LogP contribution in [0.25, 0.3) is 0 Å². The molecule has 4 heteroatoms. The summed E-state index contributed by atoms with van der Waals surface area (Å²) in [6.45, 7) is 1.84. The molecule has 0 amide bonds. The number of nitrogens with zero attached hydrogens (tertiary/aromatic N) is 2. The molecule has 1 atom stereocenters. The van der Waals surface area contributed by atoms with Crippen LogP contribution in [0.1, 0.15) is 37.3 Å². The smallest absolute Gasteiger partial charge is 0.248 e. The van der Waals surface area contributed by atoms with Crippen LogP contribution >= 0.6 is 0 Å². The van der Waals surface area contributed by atoms with Gasteiger partial charge < -0.3 is 0 Å². The molecule has 2 nitrogen and oxygen atoms in total. The Bertz CT molecular complexity index is 400. The Balaban J connectivity index is 1.62. The molecule has 1 aliphatic heterocycles. The maximum atomic E-state index is 12.9. The third kappa shape index (κ3) is 2.39. The lowest BCUT2D eigenvalue weighted by atomic mass is 9.81. The van der Waals surface area contributed by atoms with E-state index < -0.39 is 5.92 Å². The van der Waals surface area contributed by atoms with Crippen LogP contribution in [0.3, 0.4) is 0 Å². The van der Waals surface area contributed by atoms with E-state index in [2.05, 4.69) is 16.0 Å². The van der Waals surface area contributed by atoms with Gasteiger partial charge in [0.15, 0.2) is 0 Å². The molecular formula is C14H18F2N2. The topological polar surface area (TPSA) is 16.1 Å². The quantitative estimate of drug-likeness (QED) is 0.820. The second kappa shape index (κ2) is 4.57. The lowest BCUT2D eigenvalue weighted by Crippen LogP contribution is -2.42. The highest BCUT2D eigenvalue weighted by molar-refractivity contribution is 5.15. The fraction of sp³-hybridized carbons (Fsp3) is 0.643. The number of hydrogen-bond acceptors (Lipinski definition) is 2. The van der Waals surface area contributed by atoms with E-state index in [1.807, 2.05) is 12.3 Å². The molecule has 18 heavy (non-hydrogen) atoms. The van der Waals surface area contributed by atoms with Crippen LogP contribution < -0.4 is 0 Å². The van der Waals surface area contributed by atoms with E-state index in [0.717, 1.165) is 25.9 Å². The van der Waals surface area contributed by atoms with Crippen molar-refractivity contribution < 1.29 is 8.78 Å². The molecule has 2 fully saturated rings. The number of pyridine rings is 1. The van der Waals surface area contributed by atoms with Gasteiger partial charge in [0.25, 0.3) is 0 Å². The van der Waals surface area contributed by atoms with Gasteiger partial charge in [0.05, 0.1) is 0 Å². The maximum absolute atomic E-state index is 12.9. The average Bonchev–Trinajstić information content (AvgIpc) is 2.76. The normalized spacial score (nSPS) is 28.2. The van der Waals surface area contributed by atoms with Gasteiger partial charge in [0.1, 0.15) is 0 Å². The molecule has 1 saturated carbocycles. The SMILES string of the molecule is FC1(F)CC(CN2CCCC2c2cccnc2)C1. The standard InChI is InChI=1S/C14H18F2N2/c15-14(16)7-11(8-14)10-18-6-2-4-13(18)12-3-1-5-17-9-12/h1,3,5,9,11,13H,2,4,6-8,10H2. The Hall–Kier alpha value is -1.03. The molecule has 0 spiro atoms. The summed E-state index contributed by atoms with van der Waals surface area (Å²) in [7, 11) is 0. The molecule has 1 aliphatic carbocycles. The van der Waals surface area contributed by atoms with Crippen molar-refractivity contribution in [2.45, 2.75) is 37.6 Å². The van der Waals surface area contributed by atoms with Crippen molar-refractivity contribution in [1.29, 1.82) is 0 Å². The summed E-state index contributed by atoms with van der Waals surface area (Å²) in [5, 5.41) is 0. The first-order valence-electron chi connectivity index (χ1n) is 6.66. The van der Waals surface area contributed by atoms with Crippen molar-refractivity contribution in [2.24, 2.45) is 5.92 Å². The van der Waals surface area contributed by atoms with Crippen molar-refractivity contribution in [1.82, 2.24) is 9.88 Å². The van der Waals surface area contributed by atoms with Gasteiger partial charge in [-0.1, -0.05) is 6.07 Å². The first-order chi connectivity index (χ1) is 8.64. The fourth-order valence-corrected chi connectivity index (χ4v) is 3.24. The molecule has 1 aromatic heterocycles. The van der Waals surface area contributed by atoms with Gasteiger partial charge in [0, 0.05) is 37.8 Å². The highest BCUT2D eigenvalue weighted by Crippen LogP contribution is 2.44. The fourth-order valence-electron chi connectivity index (χ4n) is 3.24. The van der Waals surface area contributed by atoms with Crippen LogP contribution in [0, 0.1) is 5.92 Å². The minimum atomic E-state index is -2.39. The molecule has 2 heterocycles. The van der Waals surface area contributed by atoms with Crippen molar-refractivity contribution in [2.75, 3.05) is 13.1 Å². The summed E-state index contributed by atoms with van der Waals surface area (Å²) in [6, 6.07) is 4.42. The van der Waals surface area contributed by atoms with Gasteiger partial charge in [-0.15, -0.1) is 0 Å². The summed E-state index contributed by atoms with van der Waals surface area (Å²) < 4.78 is 25.7. The maximum Gasteiger partial charge on any atom is 0.248 e. The van der Waals surface area contributed by atoms with E-state index in [-0.39, 0.29) is 18.8 Å². The minimum Gasteiger partial charge on any atom is -0.296 e. The monoisotopic (exact) mass is 252 g/mol. The van der Waals surface area contributed by atoms with E-state index in [4.69, 9.17) is 0 Å². The molecule has 2 aliphatic rings. The second-order valence-corrected chi connectivity index (χ2v) is 5.57. The number of rotatable bonds is 3. The lowest BCUT2D eigenvalue weighted by molar-refractivity contribution is -0.117. The van der Waals surface area contributed by atoms with E-state index in [0.29, 0.717) is 6.04 Å². The van der Waals surface area contributed by atoms with Gasteiger partial charge in [0.2, 0.25) is 5.92 Å². The Morgan fingerprint density at radius 1 is 1.39 bits per heavy atom. The molecule has 3 rings (SSSR count). The van der Waals surface area contributed by atoms with Crippen LogP contribution in [-0.2, 0) is 0 Å². The van der Waals surface area contributed by atoms with Gasteiger partial charge in [-0.2, -0.15) is 0 Å². The lowest BCUT2D eigenvalue weighted by Gasteiger charge is -2.38. The van der Waals surface area contributed by atoms with E-state index in [1.165, 1.54) is 5.56 Å². The molecular weight excluding hydrogens is 234 g/mol. The highest BCUT2D eigenvalue weighted by Gasteiger charge is 2.46. The second-order valence-electron chi connectivity index (χ2n) is 5.57. The largest absolute Gasteiger partial charge is 0.296 e. The van der Waals surface area contributed by atoms with E-state index >= 15 is 0 Å². The summed E-state index contributed by atoms with van der Waals surface area (Å²) in [5.41, 5.74) is 1.22. The molecule has 0 aromatic carbocycles. The third-order valence-corrected chi connectivity index (χ3v) is 4.10. The summed E-state index contributed by atoms with van der Waals surface area (Å²) in [6.07, 6.45) is 6.09. The van der Waals surface area contributed by atoms with Crippen molar-refractivity contribution in [3.05, 3.63) is 30.1 Å². The zero-order valence-corrected chi connectivity index (χ0v) is 10.4. The van der Waals surface area contributed by atoms with Crippen LogP contribution in [0.4, 0.5) is 8.78 Å². The van der Waals surface area contributed by atoms with Gasteiger partial charge in [-0.3, -0.25) is 9.88 Å². The molecule has 98 valence electrons. The highest BCUT2D eigenvalue weighted by atomic mass is 19.3. The summed E-state index contributed by atoms with van der Waals surface area (Å²) in [5.74, 6) is -2.22. The van der Waals surface area contributed by atoms with E-state index in [9.17, 15) is 8.78 Å². The minimum absolute atomic E-state index is 0.0727. The van der Waals surface area contributed by atoms with Crippen molar-refractivity contribution >= 4 is 0 Å². The Labute approximate surface area is 106 Å². The van der Waals surface area contributed by atoms with Crippen LogP contribution in [0.5, 0.6) is 0 Å². The van der Waals surface area contributed by atoms with Crippen LogP contribution in [0.2, 0.25) is 0 Å². The predicted molar refractivity (Wildman–Crippen MR) is 65.5 cm³/mol. The number of halogens is 2. The number of alkyl halides is 2. The van der Waals surface area contributed by atoms with Gasteiger partial charge in [-0.05, 0) is 36.9 Å². The van der Waals surface area contributed by atoms with Gasteiger partial charge >= 0.3 is 0 Å². The Kier molecular flexibility index (Phi) is 3.06. The van der Waals surface area contributed by atoms with Crippen molar-refractivity contribution in [3.63, 3.8) is 0 Å². The van der Waals surface area contributed by atoms with E-state index in [1.54, 1.807) is 6.20 Å². The number of aromatic nitrogens is 1. The average molecular weight is 252 g/mol. The van der Waals surface area contributed by atoms with Crippen LogP contribution in [0.15, 0.2) is 24.5 Å².